The van der Waals surface area contributed by atoms with Crippen molar-refractivity contribution in [2.24, 2.45) is 10.9 Å². The zero-order valence-electron chi connectivity index (χ0n) is 23.1. The molecule has 1 fully saturated rings. The van der Waals surface area contributed by atoms with E-state index in [1.807, 2.05) is 47.4 Å². The zero-order valence-corrected chi connectivity index (χ0v) is 23.1. The third kappa shape index (κ3) is 5.82. The summed E-state index contributed by atoms with van der Waals surface area (Å²) in [6.45, 7) is 2.58. The summed E-state index contributed by atoms with van der Waals surface area (Å²) in [5, 5.41) is 2.90. The first kappa shape index (κ1) is 27.3. The minimum absolute atomic E-state index is 0.0348. The maximum Gasteiger partial charge on any atom is 0.337 e. The largest absolute Gasteiger partial charge is 0.465 e. The summed E-state index contributed by atoms with van der Waals surface area (Å²) < 4.78 is 4.82. The third-order valence-electron chi connectivity index (χ3n) is 7.54. The number of hydrogen-bond acceptors (Lipinski definition) is 6. The Labute approximate surface area is 234 Å². The zero-order chi connectivity index (χ0) is 28.2. The van der Waals surface area contributed by atoms with E-state index in [0.29, 0.717) is 34.1 Å². The number of hydrogen-bond donors (Lipinski definition) is 1. The molecule has 206 valence electrons. The van der Waals surface area contributed by atoms with Gasteiger partial charge in [0.1, 0.15) is 5.92 Å². The molecule has 0 aromatic heterocycles. The second-order valence-corrected chi connectivity index (χ2v) is 10.6. The lowest BCUT2D eigenvalue weighted by Crippen LogP contribution is -2.40. The number of aliphatic imine (C=N–C) groups is 1. The quantitative estimate of drug-likeness (QED) is 0.347. The molecule has 5 rings (SSSR count). The molecule has 1 unspecified atom stereocenters. The number of benzene rings is 3. The topological polar surface area (TPSA) is 91.3 Å². The van der Waals surface area contributed by atoms with Crippen LogP contribution < -0.4 is 5.32 Å². The van der Waals surface area contributed by atoms with Gasteiger partial charge >= 0.3 is 5.97 Å². The Balaban J connectivity index is 1.40. The van der Waals surface area contributed by atoms with E-state index < -0.39 is 11.9 Å². The van der Waals surface area contributed by atoms with Crippen molar-refractivity contribution in [2.75, 3.05) is 46.2 Å². The van der Waals surface area contributed by atoms with E-state index >= 15 is 0 Å². The number of nitrogens with one attached hydrogen (secondary N) is 1. The molecule has 0 bridgehead atoms. The average Bonchev–Trinajstić information content (AvgIpc) is 3.30. The van der Waals surface area contributed by atoms with Crippen LogP contribution in [0.5, 0.6) is 0 Å². The molecule has 1 saturated heterocycles. The number of rotatable bonds is 7. The van der Waals surface area contributed by atoms with Gasteiger partial charge in [-0.1, -0.05) is 36.4 Å². The van der Waals surface area contributed by atoms with Crippen molar-refractivity contribution < 1.29 is 19.1 Å². The summed E-state index contributed by atoms with van der Waals surface area (Å²) in [4.78, 5) is 47.5. The summed E-state index contributed by atoms with van der Waals surface area (Å²) in [5.74, 6) is -0.687. The summed E-state index contributed by atoms with van der Waals surface area (Å²) in [6, 6.07) is 21.9. The van der Waals surface area contributed by atoms with E-state index in [1.165, 1.54) is 7.11 Å². The highest BCUT2D eigenvalue weighted by atomic mass is 16.5. The van der Waals surface area contributed by atoms with Gasteiger partial charge in [-0.05, 0) is 80.4 Å². The molecule has 3 aromatic rings. The van der Waals surface area contributed by atoms with Crippen LogP contribution in [0.15, 0.2) is 77.8 Å². The third-order valence-corrected chi connectivity index (χ3v) is 7.54. The molecule has 40 heavy (non-hydrogen) atoms. The Morgan fingerprint density at radius 3 is 2.27 bits per heavy atom. The van der Waals surface area contributed by atoms with Crippen molar-refractivity contribution in [3.8, 4) is 0 Å². The Morgan fingerprint density at radius 2 is 1.62 bits per heavy atom. The number of ether oxygens (including phenoxy) is 1. The standard InChI is InChI=1S/C32H34N4O4/c1-35(2)20-21-15-17-36(18-16-21)31(38)23-9-12-25(13-10-23)33-29(22-7-5-4-6-8-22)28-26-14-11-24(32(39)40-3)19-27(26)34-30(28)37/h4-14,19,21,28H,15-18,20H2,1-3H3,(H,34,37). The smallest absolute Gasteiger partial charge is 0.337 e. The number of esters is 1. The van der Waals surface area contributed by atoms with Crippen LogP contribution in [0.25, 0.3) is 0 Å². The highest BCUT2D eigenvalue weighted by Crippen LogP contribution is 2.37. The van der Waals surface area contributed by atoms with Crippen LogP contribution in [0.4, 0.5) is 11.4 Å². The number of nitrogens with zero attached hydrogens (tertiary/aromatic N) is 3. The van der Waals surface area contributed by atoms with Crippen LogP contribution in [-0.4, -0.2) is 74.1 Å². The molecule has 2 aliphatic rings. The molecule has 1 N–H and O–H groups in total. The van der Waals surface area contributed by atoms with Crippen molar-refractivity contribution in [1.82, 2.24) is 9.80 Å². The highest BCUT2D eigenvalue weighted by molar-refractivity contribution is 6.24. The van der Waals surface area contributed by atoms with E-state index in [0.717, 1.165) is 43.6 Å². The Kier molecular flexibility index (Phi) is 8.07. The highest BCUT2D eigenvalue weighted by Gasteiger charge is 2.36. The fraction of sp³-hybridized carbons (Fsp3) is 0.312. The van der Waals surface area contributed by atoms with Gasteiger partial charge in [0, 0.05) is 30.9 Å². The Bertz CT molecular complexity index is 1430. The Hall–Kier alpha value is -4.30. The van der Waals surface area contributed by atoms with Gasteiger partial charge < -0.3 is 19.9 Å². The number of amides is 2. The summed E-state index contributed by atoms with van der Waals surface area (Å²) in [6.07, 6.45) is 2.03. The number of carbonyl (C=O) groups is 3. The number of anilines is 1. The first-order chi connectivity index (χ1) is 19.3. The molecule has 0 aliphatic carbocycles. The molecule has 3 aromatic carbocycles. The van der Waals surface area contributed by atoms with Gasteiger partial charge in [0.15, 0.2) is 0 Å². The molecular weight excluding hydrogens is 504 g/mol. The van der Waals surface area contributed by atoms with Crippen LogP contribution in [0, 0.1) is 5.92 Å². The minimum Gasteiger partial charge on any atom is -0.465 e. The summed E-state index contributed by atoms with van der Waals surface area (Å²) >= 11 is 0. The van der Waals surface area contributed by atoms with Gasteiger partial charge in [0.05, 0.1) is 24.1 Å². The predicted octanol–water partition coefficient (Wildman–Crippen LogP) is 4.74. The van der Waals surface area contributed by atoms with Crippen LogP contribution in [-0.2, 0) is 9.53 Å². The predicted molar refractivity (Wildman–Crippen MR) is 155 cm³/mol. The number of methoxy groups -OCH3 is 1. The lowest BCUT2D eigenvalue weighted by atomic mass is 9.90. The van der Waals surface area contributed by atoms with Crippen molar-refractivity contribution in [1.29, 1.82) is 0 Å². The molecule has 2 amide bonds. The van der Waals surface area contributed by atoms with Gasteiger partial charge in [-0.15, -0.1) is 0 Å². The normalized spacial score (nSPS) is 17.5. The second kappa shape index (κ2) is 11.8. The lowest BCUT2D eigenvalue weighted by molar-refractivity contribution is -0.115. The number of fused-ring (bicyclic) bond motifs is 1. The SMILES string of the molecule is COC(=O)c1ccc2c(c1)NC(=O)C2C(=Nc1ccc(C(=O)N2CCC(CN(C)C)CC2)cc1)c1ccccc1. The number of carbonyl (C=O) groups excluding carboxylic acids is 3. The number of likely N-dealkylation sites (tertiary alicyclic amines) is 1. The van der Waals surface area contributed by atoms with Gasteiger partial charge in [-0.2, -0.15) is 0 Å². The molecule has 0 spiro atoms. The summed E-state index contributed by atoms with van der Waals surface area (Å²) in [7, 11) is 5.50. The maximum absolute atomic E-state index is 13.2. The number of piperidine rings is 1. The fourth-order valence-electron chi connectivity index (χ4n) is 5.52. The molecule has 0 radical (unpaired) electrons. The van der Waals surface area contributed by atoms with E-state index in [-0.39, 0.29) is 11.8 Å². The second-order valence-electron chi connectivity index (χ2n) is 10.6. The minimum atomic E-state index is -0.658. The molecule has 2 aliphatic heterocycles. The molecule has 2 heterocycles. The van der Waals surface area contributed by atoms with E-state index in [4.69, 9.17) is 9.73 Å². The fourth-order valence-corrected chi connectivity index (χ4v) is 5.52. The van der Waals surface area contributed by atoms with E-state index in [1.54, 1.807) is 30.3 Å². The Morgan fingerprint density at radius 1 is 0.950 bits per heavy atom. The lowest BCUT2D eigenvalue weighted by Gasteiger charge is -2.33. The maximum atomic E-state index is 13.2. The van der Waals surface area contributed by atoms with Gasteiger partial charge in [0.25, 0.3) is 5.91 Å². The van der Waals surface area contributed by atoms with Crippen molar-refractivity contribution in [3.05, 3.63) is 95.1 Å². The van der Waals surface area contributed by atoms with E-state index in [2.05, 4.69) is 24.3 Å². The first-order valence-corrected chi connectivity index (χ1v) is 13.5. The molecule has 8 heteroatoms. The van der Waals surface area contributed by atoms with Crippen molar-refractivity contribution in [3.63, 3.8) is 0 Å². The molecular formula is C32H34N4O4. The van der Waals surface area contributed by atoms with Gasteiger partial charge in [0.2, 0.25) is 5.91 Å². The van der Waals surface area contributed by atoms with Gasteiger partial charge in [-0.3, -0.25) is 14.6 Å². The van der Waals surface area contributed by atoms with Crippen molar-refractivity contribution in [2.45, 2.75) is 18.8 Å². The molecule has 0 saturated carbocycles. The summed E-state index contributed by atoms with van der Waals surface area (Å²) in [5.41, 5.74) is 4.35. The first-order valence-electron chi connectivity index (χ1n) is 13.5. The van der Waals surface area contributed by atoms with Crippen molar-refractivity contribution >= 4 is 34.9 Å². The van der Waals surface area contributed by atoms with Gasteiger partial charge in [-0.25, -0.2) is 4.79 Å². The van der Waals surface area contributed by atoms with Crippen LogP contribution in [0.1, 0.15) is 50.6 Å². The monoisotopic (exact) mass is 538 g/mol. The molecule has 8 nitrogen and oxygen atoms in total. The average molecular weight is 539 g/mol. The van der Waals surface area contributed by atoms with E-state index in [9.17, 15) is 14.4 Å². The van der Waals surface area contributed by atoms with Crippen LogP contribution in [0.2, 0.25) is 0 Å². The van der Waals surface area contributed by atoms with Crippen LogP contribution in [0.3, 0.4) is 0 Å². The molecule has 1 atom stereocenters. The van der Waals surface area contributed by atoms with Crippen LogP contribution >= 0.6 is 0 Å².